The molecule has 0 fully saturated rings. The summed E-state index contributed by atoms with van der Waals surface area (Å²) >= 11 is 3.46. The minimum Gasteiger partial charge on any atom is -0.354 e. The maximum Gasteiger partial charge on any atom is 0.215 e. The van der Waals surface area contributed by atoms with E-state index in [1.165, 1.54) is 0 Å². The van der Waals surface area contributed by atoms with Gasteiger partial charge < -0.3 is 5.32 Å². The van der Waals surface area contributed by atoms with Crippen molar-refractivity contribution >= 4 is 53.9 Å². The summed E-state index contributed by atoms with van der Waals surface area (Å²) in [5.74, 6) is 2.27. The smallest absolute Gasteiger partial charge is 0.215 e. The monoisotopic (exact) mass is 318 g/mol. The van der Waals surface area contributed by atoms with Crippen LogP contribution in [0.25, 0.3) is 0 Å². The highest BCUT2D eigenvalue weighted by Crippen LogP contribution is 2.13. The average Bonchev–Trinajstić information content (AvgIpc) is 2.76. The van der Waals surface area contributed by atoms with Crippen LogP contribution in [-0.4, -0.2) is 35.5 Å². The van der Waals surface area contributed by atoms with Gasteiger partial charge >= 0.3 is 0 Å². The van der Waals surface area contributed by atoms with Crippen molar-refractivity contribution in [3.8, 4) is 0 Å². The van der Waals surface area contributed by atoms with Gasteiger partial charge in [-0.3, -0.25) is 10.2 Å². The van der Waals surface area contributed by atoms with Crippen LogP contribution in [0.1, 0.15) is 5.01 Å². The van der Waals surface area contributed by atoms with Crippen molar-refractivity contribution in [2.45, 2.75) is 5.75 Å². The third-order valence-electron chi connectivity index (χ3n) is 1.58. The molecule has 0 aliphatic carbocycles. The van der Waals surface area contributed by atoms with Crippen molar-refractivity contribution in [3.05, 3.63) is 16.6 Å². The predicted molar refractivity (Wildman–Crippen MR) is 79.1 cm³/mol. The van der Waals surface area contributed by atoms with E-state index in [0.29, 0.717) is 5.96 Å². The molecule has 100 valence electrons. The Labute approximate surface area is 121 Å². The number of halogens is 2. The fourth-order valence-electron chi connectivity index (χ4n) is 0.894. The summed E-state index contributed by atoms with van der Waals surface area (Å²) in [4.78, 5) is 7.96. The number of aliphatic imine (C=N–C) groups is 1. The number of thiazole rings is 1. The zero-order valence-corrected chi connectivity index (χ0v) is 12.5. The third kappa shape index (κ3) is 8.50. The third-order valence-corrected chi connectivity index (χ3v) is 3.51. The lowest BCUT2D eigenvalue weighted by molar-refractivity contribution is 0.229. The van der Waals surface area contributed by atoms with Crippen molar-refractivity contribution in [2.75, 3.05) is 19.3 Å². The van der Waals surface area contributed by atoms with E-state index in [1.54, 1.807) is 30.1 Å². The number of hydroxylamine groups is 1. The molecule has 0 atom stereocenters. The minimum absolute atomic E-state index is 0. The molecule has 0 bridgehead atoms. The number of hydrogen-bond acceptors (Lipinski definition) is 5. The molecule has 0 radical (unpaired) electrons. The fraction of sp³-hybridized carbons (Fsp3) is 0.500. The molecule has 0 spiro atoms. The molecule has 0 aliphatic heterocycles. The van der Waals surface area contributed by atoms with Gasteiger partial charge in [0.15, 0.2) is 0 Å². The van der Waals surface area contributed by atoms with E-state index < -0.39 is 0 Å². The molecule has 0 unspecified atom stereocenters. The average molecular weight is 319 g/mol. The van der Waals surface area contributed by atoms with Crippen molar-refractivity contribution in [1.82, 2.24) is 15.8 Å². The van der Waals surface area contributed by atoms with Crippen molar-refractivity contribution in [3.63, 3.8) is 0 Å². The molecular weight excluding hydrogens is 303 g/mol. The van der Waals surface area contributed by atoms with Gasteiger partial charge in [-0.1, -0.05) is 0 Å². The molecule has 3 N–H and O–H groups in total. The molecule has 17 heavy (non-hydrogen) atoms. The maximum absolute atomic E-state index is 8.57. The molecule has 0 saturated heterocycles. The quantitative estimate of drug-likeness (QED) is 0.334. The molecule has 1 rings (SSSR count). The van der Waals surface area contributed by atoms with Crippen LogP contribution < -0.4 is 10.8 Å². The fourth-order valence-corrected chi connectivity index (χ4v) is 2.46. The van der Waals surface area contributed by atoms with E-state index in [4.69, 9.17) is 5.21 Å². The summed E-state index contributed by atoms with van der Waals surface area (Å²) < 4.78 is 0. The number of nitrogens with one attached hydrogen (secondary N) is 2. The Hall–Kier alpha value is -0.210. The van der Waals surface area contributed by atoms with Gasteiger partial charge in [0.05, 0.1) is 0 Å². The van der Waals surface area contributed by atoms with Gasteiger partial charge in [-0.15, -0.1) is 36.2 Å². The topological polar surface area (TPSA) is 69.5 Å². The molecule has 0 aliphatic rings. The number of aromatic nitrogens is 1. The second-order valence-electron chi connectivity index (χ2n) is 2.59. The normalized spacial score (nSPS) is 10.1. The molecular formula is C8H16Cl2N4OS2. The second kappa shape index (κ2) is 12.3. The van der Waals surface area contributed by atoms with Crippen LogP contribution in [0.3, 0.4) is 0 Å². The number of hydrogen-bond donors (Lipinski definition) is 3. The molecule has 5 nitrogen and oxygen atoms in total. The highest BCUT2D eigenvalue weighted by atomic mass is 35.5. The summed E-state index contributed by atoms with van der Waals surface area (Å²) in [6.45, 7) is 0.760. The standard InChI is InChI=1S/C8H14N4OS2.2ClH/c1-9-8(12-13)11-2-4-14-6-7-10-3-5-15-7;;/h3,5,13H,2,4,6H2,1H3,(H2,9,11,12);2*1H. The number of nitrogens with zero attached hydrogens (tertiary/aromatic N) is 2. The zero-order chi connectivity index (χ0) is 10.9. The summed E-state index contributed by atoms with van der Waals surface area (Å²) in [7, 11) is 1.61. The summed E-state index contributed by atoms with van der Waals surface area (Å²) in [6.07, 6.45) is 1.82. The van der Waals surface area contributed by atoms with Gasteiger partial charge in [0.25, 0.3) is 0 Å². The van der Waals surface area contributed by atoms with Gasteiger partial charge in [0.2, 0.25) is 5.96 Å². The van der Waals surface area contributed by atoms with E-state index >= 15 is 0 Å². The summed E-state index contributed by atoms with van der Waals surface area (Å²) in [5, 5.41) is 14.6. The highest BCUT2D eigenvalue weighted by Gasteiger charge is 1.96. The van der Waals surface area contributed by atoms with E-state index in [1.807, 2.05) is 17.1 Å². The molecule has 1 aromatic heterocycles. The van der Waals surface area contributed by atoms with E-state index in [9.17, 15) is 0 Å². The van der Waals surface area contributed by atoms with Crippen LogP contribution in [-0.2, 0) is 5.75 Å². The Morgan fingerprint density at radius 3 is 2.88 bits per heavy atom. The van der Waals surface area contributed by atoms with Gasteiger partial charge in [-0.25, -0.2) is 10.5 Å². The first-order valence-electron chi connectivity index (χ1n) is 4.43. The van der Waals surface area contributed by atoms with E-state index in [2.05, 4.69) is 15.3 Å². The Morgan fingerprint density at radius 2 is 2.35 bits per heavy atom. The lowest BCUT2D eigenvalue weighted by atomic mass is 10.7. The largest absolute Gasteiger partial charge is 0.354 e. The van der Waals surface area contributed by atoms with Crippen LogP contribution in [0.5, 0.6) is 0 Å². The number of thioether (sulfide) groups is 1. The lowest BCUT2D eigenvalue weighted by Gasteiger charge is -2.06. The number of guanidine groups is 1. The zero-order valence-electron chi connectivity index (χ0n) is 9.25. The first-order valence-corrected chi connectivity index (χ1v) is 6.47. The van der Waals surface area contributed by atoms with Gasteiger partial charge in [-0.05, 0) is 0 Å². The van der Waals surface area contributed by atoms with Crippen LogP contribution in [0.2, 0.25) is 0 Å². The molecule has 0 amide bonds. The van der Waals surface area contributed by atoms with Crippen LogP contribution in [0.4, 0.5) is 0 Å². The minimum atomic E-state index is 0. The molecule has 0 aromatic carbocycles. The SMILES string of the molecule is CN=C(NO)NCCSCc1nccs1.Cl.Cl. The Balaban J connectivity index is 0. The van der Waals surface area contributed by atoms with Crippen molar-refractivity contribution in [2.24, 2.45) is 4.99 Å². The van der Waals surface area contributed by atoms with E-state index in [0.717, 1.165) is 23.1 Å². The van der Waals surface area contributed by atoms with Gasteiger partial charge in [0, 0.05) is 36.7 Å². The first-order chi connectivity index (χ1) is 7.36. The van der Waals surface area contributed by atoms with Crippen molar-refractivity contribution in [1.29, 1.82) is 0 Å². The van der Waals surface area contributed by atoms with Crippen LogP contribution >= 0.6 is 47.9 Å². The van der Waals surface area contributed by atoms with Gasteiger partial charge in [0.1, 0.15) is 5.01 Å². The number of rotatable bonds is 5. The first kappa shape index (κ1) is 19.1. The predicted octanol–water partition coefficient (Wildman–Crippen LogP) is 1.77. The Bertz CT molecular complexity index is 298. The van der Waals surface area contributed by atoms with Gasteiger partial charge in [-0.2, -0.15) is 11.8 Å². The summed E-state index contributed by atoms with van der Waals surface area (Å²) in [6, 6.07) is 0. The lowest BCUT2D eigenvalue weighted by Crippen LogP contribution is -2.36. The van der Waals surface area contributed by atoms with Crippen LogP contribution in [0.15, 0.2) is 16.6 Å². The molecule has 1 aromatic rings. The Kier molecular flexibility index (Phi) is 13.8. The summed E-state index contributed by atoms with van der Waals surface area (Å²) in [5.41, 5.74) is 1.98. The van der Waals surface area contributed by atoms with Crippen molar-refractivity contribution < 1.29 is 5.21 Å². The highest BCUT2D eigenvalue weighted by molar-refractivity contribution is 7.98. The molecule has 0 saturated carbocycles. The Morgan fingerprint density at radius 1 is 1.59 bits per heavy atom. The van der Waals surface area contributed by atoms with Crippen LogP contribution in [0, 0.1) is 0 Å². The maximum atomic E-state index is 8.57. The molecule has 1 heterocycles. The second-order valence-corrected chi connectivity index (χ2v) is 4.67. The van der Waals surface area contributed by atoms with E-state index in [-0.39, 0.29) is 24.8 Å². The molecule has 9 heteroatoms.